The SMILES string of the molecule is SCSC(SCS)SCSC(SCSC(SCS)SCS)SCSC(SCS)SCS. The van der Waals surface area contributed by atoms with Crippen LogP contribution in [0, 0.1) is 0 Å². The third kappa shape index (κ3) is 23.9. The second kappa shape index (κ2) is 29.3. The highest BCUT2D eigenvalue weighted by Crippen LogP contribution is 2.46. The Morgan fingerprint density at radius 3 is 0.613 bits per heavy atom. The fourth-order valence-corrected chi connectivity index (χ4v) is 25.1. The minimum absolute atomic E-state index is 0.507. The molecular weight excluding hydrogens is 733 g/mol. The zero-order valence-corrected chi connectivity index (χ0v) is 31.4. The van der Waals surface area contributed by atoms with Crippen LogP contribution in [0.4, 0.5) is 0 Å². The molecule has 31 heavy (non-hydrogen) atoms. The number of hydrogen-bond acceptors (Lipinski definition) is 18. The number of rotatable bonds is 24. The van der Waals surface area contributed by atoms with E-state index in [9.17, 15) is 0 Å². The van der Waals surface area contributed by atoms with Crippen LogP contribution in [-0.4, -0.2) is 61.4 Å². The Bertz CT molecular complexity index is 293. The van der Waals surface area contributed by atoms with Crippen LogP contribution >= 0.6 is 217 Å². The van der Waals surface area contributed by atoms with E-state index in [4.69, 9.17) is 0 Å². The Morgan fingerprint density at radius 2 is 0.452 bits per heavy atom. The lowest BCUT2D eigenvalue weighted by Crippen LogP contribution is -1.99. The van der Waals surface area contributed by atoms with Gasteiger partial charge in [-0.3, -0.25) is 0 Å². The molecule has 0 aromatic rings. The molecule has 0 heterocycles. The molecule has 0 spiro atoms. The van der Waals surface area contributed by atoms with Crippen LogP contribution in [-0.2, 0) is 0 Å². The first kappa shape index (κ1) is 37.3. The van der Waals surface area contributed by atoms with E-state index in [-0.39, 0.29) is 0 Å². The maximum atomic E-state index is 4.38. The second-order valence-electron chi connectivity index (χ2n) is 4.28. The van der Waals surface area contributed by atoms with Gasteiger partial charge in [-0.1, -0.05) is 0 Å². The Morgan fingerprint density at radius 1 is 0.290 bits per heavy atom. The summed E-state index contributed by atoms with van der Waals surface area (Å²) in [6.45, 7) is 0. The highest BCUT2D eigenvalue weighted by molar-refractivity contribution is 8.44. The highest BCUT2D eigenvalue weighted by Gasteiger charge is 2.17. The van der Waals surface area contributed by atoms with Gasteiger partial charge in [-0.25, -0.2) is 0 Å². The van der Waals surface area contributed by atoms with Crippen molar-refractivity contribution in [3.05, 3.63) is 0 Å². The number of thiol groups is 6. The summed E-state index contributed by atoms with van der Waals surface area (Å²) in [5, 5.41) is 8.37. The van der Waals surface area contributed by atoms with E-state index in [1.165, 1.54) is 0 Å². The summed E-state index contributed by atoms with van der Waals surface area (Å²) in [6.07, 6.45) is 0. The first-order valence-electron chi connectivity index (χ1n) is 8.19. The quantitative estimate of drug-likeness (QED) is 0.0410. The third-order valence-corrected chi connectivity index (χ3v) is 22.4. The van der Waals surface area contributed by atoms with E-state index in [2.05, 4.69) is 111 Å². The summed E-state index contributed by atoms with van der Waals surface area (Å²) >= 11 is 49.7. The van der Waals surface area contributed by atoms with Crippen molar-refractivity contribution < 1.29 is 0 Å². The first-order valence-corrected chi connectivity index (χ1v) is 24.6. The van der Waals surface area contributed by atoms with Crippen LogP contribution in [0.15, 0.2) is 0 Å². The van der Waals surface area contributed by atoms with Crippen LogP contribution in [0.25, 0.3) is 0 Å². The summed E-state index contributed by atoms with van der Waals surface area (Å²) in [5.74, 6) is 0. The van der Waals surface area contributed by atoms with Crippen molar-refractivity contribution in [3.63, 3.8) is 0 Å². The van der Waals surface area contributed by atoms with E-state index < -0.39 is 0 Å². The topological polar surface area (TPSA) is 0 Å². The molecule has 0 aromatic carbocycles. The zero-order chi connectivity index (χ0) is 23.2. The van der Waals surface area contributed by atoms with Crippen molar-refractivity contribution in [1.29, 1.82) is 0 Å². The minimum Gasteiger partial charge on any atom is -0.168 e. The maximum Gasteiger partial charge on any atom is 0.0980 e. The fourth-order valence-electron chi connectivity index (χ4n) is 1.39. The van der Waals surface area contributed by atoms with Gasteiger partial charge in [0.15, 0.2) is 0 Å². The average molecular weight is 762 g/mol. The molecular formula is C13H28S18. The predicted molar refractivity (Wildman–Crippen MR) is 204 cm³/mol. The standard InChI is InChI=1S/C13H28S18/c14-1-20-10(21-2-15)26-7-29-13(30-8-27-11(22-3-16)23-4-17)31-9-28-12(24-5-18)25-6-19/h10-19H,1-9H2. The van der Waals surface area contributed by atoms with Crippen molar-refractivity contribution in [3.8, 4) is 0 Å². The summed E-state index contributed by atoms with van der Waals surface area (Å²) < 4.78 is 2.05. The third-order valence-electron chi connectivity index (χ3n) is 2.49. The maximum absolute atomic E-state index is 4.38. The van der Waals surface area contributed by atoms with Gasteiger partial charge in [-0.15, -0.1) is 141 Å². The molecule has 0 atom stereocenters. The Balaban J connectivity index is 4.56. The monoisotopic (exact) mass is 760 g/mol. The molecule has 0 amide bonds. The average Bonchev–Trinajstić information content (AvgIpc) is 2.74. The second-order valence-corrected chi connectivity index (χ2v) is 26.5. The van der Waals surface area contributed by atoms with Crippen LogP contribution in [0.3, 0.4) is 0 Å². The van der Waals surface area contributed by atoms with E-state index in [1.54, 1.807) is 0 Å². The molecule has 0 radical (unpaired) electrons. The van der Waals surface area contributed by atoms with Crippen LogP contribution in [0.1, 0.15) is 0 Å². The predicted octanol–water partition coefficient (Wildman–Crippen LogP) is 10.1. The molecule has 0 nitrogen and oxygen atoms in total. The van der Waals surface area contributed by atoms with E-state index in [0.717, 1.165) is 45.8 Å². The number of thioether (sulfide) groups is 12. The molecule has 0 aromatic heterocycles. The molecule has 188 valence electrons. The van der Waals surface area contributed by atoms with Crippen molar-refractivity contribution in [2.75, 3.05) is 45.8 Å². The van der Waals surface area contributed by atoms with Gasteiger partial charge in [0.2, 0.25) is 0 Å². The summed E-state index contributed by atoms with van der Waals surface area (Å²) in [4.78, 5) is 0. The van der Waals surface area contributed by atoms with Crippen molar-refractivity contribution in [1.82, 2.24) is 0 Å². The van der Waals surface area contributed by atoms with Crippen LogP contribution in [0.2, 0.25) is 0 Å². The number of hydrogen-bond donors (Lipinski definition) is 6. The molecule has 0 fully saturated rings. The molecule has 0 saturated heterocycles. The minimum atomic E-state index is 0.507. The van der Waals surface area contributed by atoms with Crippen molar-refractivity contribution in [2.45, 2.75) is 15.7 Å². The normalized spacial score (nSPS) is 12.2. The van der Waals surface area contributed by atoms with Gasteiger partial charge in [0, 0.05) is 45.8 Å². The Labute approximate surface area is 274 Å². The summed E-state index contributed by atoms with van der Waals surface area (Å²) in [6, 6.07) is 0. The van der Waals surface area contributed by atoms with E-state index in [1.807, 2.05) is 106 Å². The van der Waals surface area contributed by atoms with Gasteiger partial charge < -0.3 is 0 Å². The molecule has 0 aliphatic rings. The van der Waals surface area contributed by atoms with Gasteiger partial charge in [0.05, 0.1) is 15.7 Å². The van der Waals surface area contributed by atoms with Gasteiger partial charge >= 0.3 is 0 Å². The molecule has 0 aliphatic carbocycles. The van der Waals surface area contributed by atoms with E-state index in [0.29, 0.717) is 15.7 Å². The smallest absolute Gasteiger partial charge is 0.0980 e. The van der Waals surface area contributed by atoms with Gasteiger partial charge in [-0.2, -0.15) is 75.8 Å². The molecule has 0 saturated carbocycles. The Hall–Kier alpha value is 6.30. The van der Waals surface area contributed by atoms with Crippen molar-refractivity contribution >= 4 is 217 Å². The van der Waals surface area contributed by atoms with E-state index >= 15 is 0 Å². The summed E-state index contributed by atoms with van der Waals surface area (Å²) in [5.41, 5.74) is 0. The molecule has 18 heteroatoms. The Kier molecular flexibility index (Phi) is 35.2. The molecule has 0 N–H and O–H groups in total. The van der Waals surface area contributed by atoms with Crippen molar-refractivity contribution in [2.24, 2.45) is 0 Å². The summed E-state index contributed by atoms with van der Waals surface area (Å²) in [7, 11) is 0. The molecule has 0 rings (SSSR count). The van der Waals surface area contributed by atoms with Crippen LogP contribution in [0.5, 0.6) is 0 Å². The first-order chi connectivity index (χ1) is 15.1. The van der Waals surface area contributed by atoms with Gasteiger partial charge in [-0.05, 0) is 0 Å². The fraction of sp³-hybridized carbons (Fsp3) is 1.00. The van der Waals surface area contributed by atoms with Gasteiger partial charge in [0.25, 0.3) is 0 Å². The lowest BCUT2D eigenvalue weighted by molar-refractivity contribution is 1.91. The zero-order valence-electron chi connectivity index (χ0n) is 16.3. The highest BCUT2D eigenvalue weighted by atomic mass is 32.3. The lowest BCUT2D eigenvalue weighted by Gasteiger charge is -2.20. The van der Waals surface area contributed by atoms with Crippen LogP contribution < -0.4 is 0 Å². The lowest BCUT2D eigenvalue weighted by atomic mass is 11.8. The molecule has 0 aliphatic heterocycles. The molecule has 0 unspecified atom stereocenters. The molecule has 0 bridgehead atoms. The largest absolute Gasteiger partial charge is 0.168 e. The van der Waals surface area contributed by atoms with Gasteiger partial charge in [0.1, 0.15) is 0 Å².